The third-order valence-electron chi connectivity index (χ3n) is 5.39. The molecule has 1 unspecified atom stereocenters. The van der Waals surface area contributed by atoms with Crippen LogP contribution in [0.4, 0.5) is 10.1 Å². The summed E-state index contributed by atoms with van der Waals surface area (Å²) in [6.45, 7) is 6.44. The van der Waals surface area contributed by atoms with E-state index in [4.69, 9.17) is 0 Å². The minimum atomic E-state index is -0.433. The van der Waals surface area contributed by atoms with Gasteiger partial charge < -0.3 is 15.5 Å². The molecule has 3 rings (SSSR count). The maximum Gasteiger partial charge on any atom is 0.240 e. The second-order valence-electron chi connectivity index (χ2n) is 7.41. The summed E-state index contributed by atoms with van der Waals surface area (Å²) in [5.74, 6) is -0.0515. The number of nitrogens with one attached hydrogen (secondary N) is 2. The summed E-state index contributed by atoms with van der Waals surface area (Å²) in [4.78, 5) is 14.7. The van der Waals surface area contributed by atoms with Crippen molar-refractivity contribution in [1.82, 2.24) is 10.6 Å². The number of halogens is 1. The van der Waals surface area contributed by atoms with Crippen LogP contribution in [-0.2, 0) is 4.79 Å². The molecule has 0 bridgehead atoms. The lowest BCUT2D eigenvalue weighted by Gasteiger charge is -2.38. The van der Waals surface area contributed by atoms with E-state index in [1.807, 2.05) is 19.9 Å². The number of nitrogens with zero attached hydrogens (tertiary/aromatic N) is 1. The number of carbonyl (C=O) groups excluding carboxylic acids is 1. The molecule has 2 N–H and O–H groups in total. The zero-order valence-electron chi connectivity index (χ0n) is 14.7. The van der Waals surface area contributed by atoms with Crippen LogP contribution in [0.15, 0.2) is 18.2 Å². The van der Waals surface area contributed by atoms with E-state index in [1.165, 1.54) is 6.07 Å². The van der Waals surface area contributed by atoms with Gasteiger partial charge in [-0.2, -0.15) is 0 Å². The van der Waals surface area contributed by atoms with Gasteiger partial charge in [-0.05, 0) is 70.2 Å². The van der Waals surface area contributed by atoms with Crippen molar-refractivity contribution >= 4 is 11.6 Å². The average Bonchev–Trinajstić information content (AvgIpc) is 2.58. The number of rotatable bonds is 3. The van der Waals surface area contributed by atoms with E-state index < -0.39 is 5.54 Å². The molecule has 0 spiro atoms. The van der Waals surface area contributed by atoms with Crippen LogP contribution in [0.5, 0.6) is 0 Å². The largest absolute Gasteiger partial charge is 0.369 e. The van der Waals surface area contributed by atoms with Crippen molar-refractivity contribution in [2.24, 2.45) is 0 Å². The third kappa shape index (κ3) is 3.72. The molecule has 2 heterocycles. The molecule has 2 aliphatic rings. The Morgan fingerprint density at radius 3 is 2.75 bits per heavy atom. The van der Waals surface area contributed by atoms with Gasteiger partial charge >= 0.3 is 0 Å². The molecule has 1 aromatic rings. The molecule has 1 aromatic carbocycles. The van der Waals surface area contributed by atoms with E-state index >= 15 is 0 Å². The van der Waals surface area contributed by atoms with Crippen LogP contribution < -0.4 is 15.5 Å². The first-order valence-corrected chi connectivity index (χ1v) is 9.05. The number of piperidine rings is 2. The molecule has 2 aliphatic heterocycles. The Bertz CT molecular complexity index is 590. The highest BCUT2D eigenvalue weighted by Crippen LogP contribution is 2.25. The Kier molecular flexibility index (Phi) is 5.09. The van der Waals surface area contributed by atoms with Crippen LogP contribution in [0.3, 0.4) is 0 Å². The van der Waals surface area contributed by atoms with Gasteiger partial charge in [-0.15, -0.1) is 0 Å². The highest BCUT2D eigenvalue weighted by molar-refractivity contribution is 5.86. The second-order valence-corrected chi connectivity index (χ2v) is 7.41. The average molecular weight is 333 g/mol. The van der Waals surface area contributed by atoms with E-state index in [1.54, 1.807) is 6.07 Å². The van der Waals surface area contributed by atoms with Crippen LogP contribution in [-0.4, -0.2) is 37.1 Å². The van der Waals surface area contributed by atoms with Gasteiger partial charge in [0, 0.05) is 19.1 Å². The van der Waals surface area contributed by atoms with Gasteiger partial charge in [0.1, 0.15) is 5.82 Å². The lowest BCUT2D eigenvalue weighted by molar-refractivity contribution is -0.128. The smallest absolute Gasteiger partial charge is 0.240 e. The Morgan fingerprint density at radius 2 is 2.08 bits per heavy atom. The molecule has 1 amide bonds. The molecule has 0 radical (unpaired) electrons. The summed E-state index contributed by atoms with van der Waals surface area (Å²) in [6.07, 6.45) is 4.85. The maximum absolute atomic E-state index is 14.0. The topological polar surface area (TPSA) is 44.4 Å². The number of amides is 1. The molecular weight excluding hydrogens is 305 g/mol. The molecule has 2 fully saturated rings. The normalized spacial score (nSPS) is 25.5. The van der Waals surface area contributed by atoms with Gasteiger partial charge in [0.25, 0.3) is 0 Å². The number of hydrogen-bond acceptors (Lipinski definition) is 3. The predicted octanol–water partition coefficient (Wildman–Crippen LogP) is 2.75. The second kappa shape index (κ2) is 7.09. The number of carbonyl (C=O) groups is 1. The van der Waals surface area contributed by atoms with E-state index in [0.29, 0.717) is 5.69 Å². The Hall–Kier alpha value is -1.62. The van der Waals surface area contributed by atoms with Gasteiger partial charge in [0.2, 0.25) is 5.91 Å². The van der Waals surface area contributed by atoms with Crippen LogP contribution in [0.25, 0.3) is 0 Å². The van der Waals surface area contributed by atoms with Gasteiger partial charge in [-0.25, -0.2) is 4.39 Å². The minimum absolute atomic E-state index is 0.113. The molecule has 2 saturated heterocycles. The van der Waals surface area contributed by atoms with Crippen molar-refractivity contribution in [2.75, 3.05) is 24.5 Å². The molecule has 132 valence electrons. The molecule has 0 aromatic heterocycles. The number of hydrogen-bond donors (Lipinski definition) is 2. The molecule has 0 aliphatic carbocycles. The quantitative estimate of drug-likeness (QED) is 0.894. The summed E-state index contributed by atoms with van der Waals surface area (Å²) in [5.41, 5.74) is 1.32. The van der Waals surface area contributed by atoms with E-state index in [2.05, 4.69) is 15.5 Å². The standard InChI is InChI=1S/C19H28FN3O/c1-14-5-6-16(20)17(13-14)23-11-7-15(8-12-23)22-18(24)19(2)9-3-4-10-21-19/h5-6,13,15,21H,3-4,7-12H2,1-2H3,(H,22,24). The first-order valence-electron chi connectivity index (χ1n) is 9.05. The van der Waals surface area contributed by atoms with Crippen molar-refractivity contribution in [3.63, 3.8) is 0 Å². The molecule has 4 nitrogen and oxygen atoms in total. The van der Waals surface area contributed by atoms with Crippen LogP contribution in [0.1, 0.15) is 44.6 Å². The van der Waals surface area contributed by atoms with Crippen molar-refractivity contribution in [3.8, 4) is 0 Å². The van der Waals surface area contributed by atoms with Crippen LogP contribution >= 0.6 is 0 Å². The molecule has 24 heavy (non-hydrogen) atoms. The van der Waals surface area contributed by atoms with Gasteiger partial charge in [-0.3, -0.25) is 4.79 Å². The monoisotopic (exact) mass is 333 g/mol. The number of aryl methyl sites for hydroxylation is 1. The summed E-state index contributed by atoms with van der Waals surface area (Å²) in [6, 6.07) is 5.42. The van der Waals surface area contributed by atoms with Crippen molar-refractivity contribution in [2.45, 2.75) is 57.5 Å². The Labute approximate surface area is 143 Å². The Morgan fingerprint density at radius 1 is 1.33 bits per heavy atom. The van der Waals surface area contributed by atoms with Crippen molar-refractivity contribution < 1.29 is 9.18 Å². The fraction of sp³-hybridized carbons (Fsp3) is 0.632. The van der Waals surface area contributed by atoms with Crippen molar-refractivity contribution in [3.05, 3.63) is 29.6 Å². The third-order valence-corrected chi connectivity index (χ3v) is 5.39. The molecular formula is C19H28FN3O. The van der Waals surface area contributed by atoms with Crippen LogP contribution in [0.2, 0.25) is 0 Å². The maximum atomic E-state index is 14.0. The van der Waals surface area contributed by atoms with Gasteiger partial charge in [0.05, 0.1) is 11.2 Å². The van der Waals surface area contributed by atoms with Gasteiger partial charge in [0.15, 0.2) is 0 Å². The lowest BCUT2D eigenvalue weighted by Crippen LogP contribution is -2.59. The van der Waals surface area contributed by atoms with Crippen LogP contribution in [0, 0.1) is 12.7 Å². The van der Waals surface area contributed by atoms with E-state index in [-0.39, 0.29) is 17.8 Å². The lowest BCUT2D eigenvalue weighted by atomic mass is 9.89. The molecule has 0 saturated carbocycles. The SMILES string of the molecule is Cc1ccc(F)c(N2CCC(NC(=O)C3(C)CCCCN3)CC2)c1. The fourth-order valence-corrected chi connectivity index (χ4v) is 3.72. The summed E-state index contributed by atoms with van der Waals surface area (Å²) in [7, 11) is 0. The number of benzene rings is 1. The minimum Gasteiger partial charge on any atom is -0.369 e. The Balaban J connectivity index is 1.55. The highest BCUT2D eigenvalue weighted by atomic mass is 19.1. The van der Waals surface area contributed by atoms with E-state index in [0.717, 1.165) is 57.3 Å². The zero-order valence-corrected chi connectivity index (χ0v) is 14.7. The predicted molar refractivity (Wildman–Crippen MR) is 94.8 cm³/mol. The first kappa shape index (κ1) is 17.2. The summed E-state index contributed by atoms with van der Waals surface area (Å²) < 4.78 is 14.0. The van der Waals surface area contributed by atoms with E-state index in [9.17, 15) is 9.18 Å². The molecule has 1 atom stereocenters. The fourth-order valence-electron chi connectivity index (χ4n) is 3.72. The van der Waals surface area contributed by atoms with Crippen molar-refractivity contribution in [1.29, 1.82) is 0 Å². The summed E-state index contributed by atoms with van der Waals surface area (Å²) >= 11 is 0. The summed E-state index contributed by atoms with van der Waals surface area (Å²) in [5, 5.41) is 6.57. The first-order chi connectivity index (χ1) is 11.5. The molecule has 5 heteroatoms. The zero-order chi connectivity index (χ0) is 17.2. The highest BCUT2D eigenvalue weighted by Gasteiger charge is 2.35. The number of anilines is 1. The van der Waals surface area contributed by atoms with Gasteiger partial charge in [-0.1, -0.05) is 6.07 Å².